The first-order chi connectivity index (χ1) is 14.3. The molecule has 2 N–H and O–H groups in total. The highest BCUT2D eigenvalue weighted by Crippen LogP contribution is 2.33. The number of amides is 3. The van der Waals surface area contributed by atoms with Crippen LogP contribution >= 0.6 is 0 Å². The van der Waals surface area contributed by atoms with Crippen molar-refractivity contribution in [2.45, 2.75) is 12.6 Å². The number of carbonyl (C=O) groups excluding carboxylic acids is 3. The number of pyridine rings is 1. The standard InChI is InChI=1S/C20H19F3N4O3/c21-20(22,23)15-2-1-3-16(11-15)27-12-14(10-17(27)28)19(30)26-9-8-25-18(29)13-4-6-24-7-5-13/h1-7,11,14H,8-10,12H2,(H,25,29)(H,26,30)/t14-/m0/s1. The predicted octanol–water partition coefficient (Wildman–Crippen LogP) is 2.00. The third-order valence-electron chi connectivity index (χ3n) is 4.63. The molecular formula is C20H19F3N4O3. The van der Waals surface area contributed by atoms with Gasteiger partial charge in [-0.3, -0.25) is 19.4 Å². The normalized spacial score (nSPS) is 16.4. The Labute approximate surface area is 170 Å². The summed E-state index contributed by atoms with van der Waals surface area (Å²) in [6, 6.07) is 7.56. The quantitative estimate of drug-likeness (QED) is 0.700. The number of halogens is 3. The van der Waals surface area contributed by atoms with Gasteiger partial charge in [-0.25, -0.2) is 0 Å². The van der Waals surface area contributed by atoms with Crippen molar-refractivity contribution in [3.8, 4) is 0 Å². The highest BCUT2D eigenvalue weighted by molar-refractivity contribution is 6.00. The van der Waals surface area contributed by atoms with Crippen molar-refractivity contribution in [2.24, 2.45) is 5.92 Å². The second kappa shape index (κ2) is 8.93. The van der Waals surface area contributed by atoms with Gasteiger partial charge in [0, 0.05) is 49.7 Å². The zero-order valence-corrected chi connectivity index (χ0v) is 15.8. The molecule has 0 aliphatic carbocycles. The van der Waals surface area contributed by atoms with Gasteiger partial charge in [-0.05, 0) is 30.3 Å². The minimum atomic E-state index is -4.52. The van der Waals surface area contributed by atoms with Crippen molar-refractivity contribution in [2.75, 3.05) is 24.5 Å². The van der Waals surface area contributed by atoms with Crippen molar-refractivity contribution in [1.82, 2.24) is 15.6 Å². The molecule has 1 fully saturated rings. The summed E-state index contributed by atoms with van der Waals surface area (Å²) in [5, 5.41) is 5.28. The first-order valence-corrected chi connectivity index (χ1v) is 9.19. The zero-order valence-electron chi connectivity index (χ0n) is 15.8. The van der Waals surface area contributed by atoms with E-state index in [1.165, 1.54) is 29.4 Å². The third-order valence-corrected chi connectivity index (χ3v) is 4.63. The fourth-order valence-corrected chi connectivity index (χ4v) is 3.09. The molecule has 2 heterocycles. The lowest BCUT2D eigenvalue weighted by Crippen LogP contribution is -2.38. The average Bonchev–Trinajstić information content (AvgIpc) is 3.13. The van der Waals surface area contributed by atoms with Crippen LogP contribution in [0.4, 0.5) is 18.9 Å². The summed E-state index contributed by atoms with van der Waals surface area (Å²) in [6.07, 6.45) is -1.63. The maximum atomic E-state index is 12.9. The van der Waals surface area contributed by atoms with E-state index in [4.69, 9.17) is 0 Å². The minimum absolute atomic E-state index is 0.00461. The Morgan fingerprint density at radius 1 is 1.10 bits per heavy atom. The van der Waals surface area contributed by atoms with Crippen molar-refractivity contribution in [3.05, 3.63) is 59.9 Å². The summed E-state index contributed by atoms with van der Waals surface area (Å²) in [5.41, 5.74) is -0.310. The molecule has 1 aromatic heterocycles. The summed E-state index contributed by atoms with van der Waals surface area (Å²) >= 11 is 0. The van der Waals surface area contributed by atoms with Crippen LogP contribution in [0.25, 0.3) is 0 Å². The summed E-state index contributed by atoms with van der Waals surface area (Å²) in [4.78, 5) is 41.5. The molecule has 1 saturated heterocycles. The van der Waals surface area contributed by atoms with Crippen LogP contribution in [0, 0.1) is 5.92 Å². The smallest absolute Gasteiger partial charge is 0.354 e. The molecule has 10 heteroatoms. The number of benzene rings is 1. The van der Waals surface area contributed by atoms with Crippen molar-refractivity contribution >= 4 is 23.4 Å². The second-order valence-electron chi connectivity index (χ2n) is 6.74. The van der Waals surface area contributed by atoms with Crippen molar-refractivity contribution in [3.63, 3.8) is 0 Å². The van der Waals surface area contributed by atoms with Crippen LogP contribution in [0.15, 0.2) is 48.8 Å². The molecule has 7 nitrogen and oxygen atoms in total. The molecule has 3 rings (SSSR count). The van der Waals surface area contributed by atoms with Gasteiger partial charge in [-0.2, -0.15) is 13.2 Å². The Hall–Kier alpha value is -3.43. The van der Waals surface area contributed by atoms with E-state index < -0.39 is 29.5 Å². The average molecular weight is 420 g/mol. The van der Waals surface area contributed by atoms with Gasteiger partial charge < -0.3 is 15.5 Å². The number of anilines is 1. The Morgan fingerprint density at radius 2 is 1.80 bits per heavy atom. The SMILES string of the molecule is O=C(NCCNC(=O)[C@H]1CC(=O)N(c2cccc(C(F)(F)F)c2)C1)c1ccncc1. The predicted molar refractivity (Wildman–Crippen MR) is 101 cm³/mol. The number of rotatable bonds is 6. The number of carbonyl (C=O) groups is 3. The van der Waals surface area contributed by atoms with Gasteiger partial charge in [0.05, 0.1) is 11.5 Å². The molecule has 2 aromatic rings. The second-order valence-corrected chi connectivity index (χ2v) is 6.74. The van der Waals surface area contributed by atoms with Crippen molar-refractivity contribution in [1.29, 1.82) is 0 Å². The fourth-order valence-electron chi connectivity index (χ4n) is 3.09. The van der Waals surface area contributed by atoms with Crippen LogP contribution in [0.1, 0.15) is 22.3 Å². The van der Waals surface area contributed by atoms with Crippen LogP contribution < -0.4 is 15.5 Å². The van der Waals surface area contributed by atoms with Crippen LogP contribution in [-0.4, -0.2) is 42.3 Å². The maximum absolute atomic E-state index is 12.9. The molecule has 0 spiro atoms. The molecular weight excluding hydrogens is 401 g/mol. The van der Waals surface area contributed by atoms with E-state index in [1.54, 1.807) is 12.1 Å². The first-order valence-electron chi connectivity index (χ1n) is 9.19. The highest BCUT2D eigenvalue weighted by Gasteiger charge is 2.36. The minimum Gasteiger partial charge on any atom is -0.354 e. The summed E-state index contributed by atoms with van der Waals surface area (Å²) in [6.45, 7) is 0.337. The van der Waals surface area contributed by atoms with Crippen LogP contribution in [0.3, 0.4) is 0 Å². The largest absolute Gasteiger partial charge is 0.416 e. The molecule has 0 unspecified atom stereocenters. The van der Waals surface area contributed by atoms with Crippen LogP contribution in [0.5, 0.6) is 0 Å². The van der Waals surface area contributed by atoms with Gasteiger partial charge in [0.25, 0.3) is 5.91 Å². The Balaban J connectivity index is 1.50. The molecule has 3 amide bonds. The Morgan fingerprint density at radius 3 is 2.50 bits per heavy atom. The van der Waals surface area contributed by atoms with Gasteiger partial charge in [-0.1, -0.05) is 6.07 Å². The number of alkyl halides is 3. The van der Waals surface area contributed by atoms with E-state index in [2.05, 4.69) is 15.6 Å². The zero-order chi connectivity index (χ0) is 21.7. The molecule has 30 heavy (non-hydrogen) atoms. The van der Waals surface area contributed by atoms with E-state index in [-0.39, 0.29) is 37.6 Å². The van der Waals surface area contributed by atoms with E-state index >= 15 is 0 Å². The molecule has 0 bridgehead atoms. The summed E-state index contributed by atoms with van der Waals surface area (Å²) in [7, 11) is 0. The van der Waals surface area contributed by atoms with Gasteiger partial charge >= 0.3 is 6.18 Å². The Kier molecular flexibility index (Phi) is 6.34. The molecule has 1 aromatic carbocycles. The molecule has 158 valence electrons. The molecule has 0 saturated carbocycles. The van der Waals surface area contributed by atoms with Crippen LogP contribution in [0.2, 0.25) is 0 Å². The summed E-state index contributed by atoms with van der Waals surface area (Å²) < 4.78 is 38.7. The molecule has 1 aliphatic heterocycles. The monoisotopic (exact) mass is 420 g/mol. The lowest BCUT2D eigenvalue weighted by molar-refractivity contribution is -0.137. The fraction of sp³-hybridized carbons (Fsp3) is 0.300. The van der Waals surface area contributed by atoms with E-state index in [9.17, 15) is 27.6 Å². The number of aromatic nitrogens is 1. The lowest BCUT2D eigenvalue weighted by atomic mass is 10.1. The number of nitrogens with zero attached hydrogens (tertiary/aromatic N) is 2. The maximum Gasteiger partial charge on any atom is 0.416 e. The van der Waals surface area contributed by atoms with Gasteiger partial charge in [-0.15, -0.1) is 0 Å². The highest BCUT2D eigenvalue weighted by atomic mass is 19.4. The molecule has 1 aliphatic rings. The number of hydrogen-bond donors (Lipinski definition) is 2. The third kappa shape index (κ3) is 5.13. The molecule has 0 radical (unpaired) electrons. The van der Waals surface area contributed by atoms with Crippen molar-refractivity contribution < 1.29 is 27.6 Å². The number of nitrogens with one attached hydrogen (secondary N) is 2. The summed E-state index contributed by atoms with van der Waals surface area (Å²) in [5.74, 6) is -1.79. The van der Waals surface area contributed by atoms with E-state index in [0.717, 1.165) is 12.1 Å². The first kappa shape index (κ1) is 21.3. The van der Waals surface area contributed by atoms with Gasteiger partial charge in [0.1, 0.15) is 0 Å². The lowest BCUT2D eigenvalue weighted by Gasteiger charge is -2.18. The van der Waals surface area contributed by atoms with E-state index in [0.29, 0.717) is 5.56 Å². The topological polar surface area (TPSA) is 91.4 Å². The Bertz CT molecular complexity index is 934. The van der Waals surface area contributed by atoms with Crippen LogP contribution in [-0.2, 0) is 15.8 Å². The van der Waals surface area contributed by atoms with Gasteiger partial charge in [0.15, 0.2) is 0 Å². The number of hydrogen-bond acceptors (Lipinski definition) is 4. The van der Waals surface area contributed by atoms with E-state index in [1.807, 2.05) is 0 Å². The molecule has 1 atom stereocenters. The van der Waals surface area contributed by atoms with Gasteiger partial charge in [0.2, 0.25) is 11.8 Å².